The van der Waals surface area contributed by atoms with E-state index in [-0.39, 0.29) is 13.6 Å². The Kier molecular flexibility index (Phi) is 7.59. The molecule has 0 heterocycles. The molecule has 0 aliphatic carbocycles. The van der Waals surface area contributed by atoms with Crippen molar-refractivity contribution in [2.45, 2.75) is 13.3 Å². The van der Waals surface area contributed by atoms with E-state index in [1.807, 2.05) is 0 Å². The Labute approximate surface area is 190 Å². The third-order valence-corrected chi connectivity index (χ3v) is 8.15. The van der Waals surface area contributed by atoms with E-state index in [0.29, 0.717) is 0 Å². The molecular formula is C27H29O4P. The molecule has 0 spiro atoms. The highest BCUT2D eigenvalue weighted by Gasteiger charge is 2.24. The molecule has 0 fully saturated rings. The molecule has 32 heavy (non-hydrogen) atoms. The first kappa shape index (κ1) is 22.5. The number of methoxy groups -OCH3 is 2. The largest absolute Gasteiger partial charge is 0.466 e. The lowest BCUT2D eigenvalue weighted by molar-refractivity contribution is 0.0529. The van der Waals surface area contributed by atoms with Crippen LogP contribution in [0.4, 0.5) is 0 Å². The van der Waals surface area contributed by atoms with Crippen molar-refractivity contribution < 1.29 is 18.9 Å². The lowest BCUT2D eigenvalue weighted by Gasteiger charge is -2.25. The van der Waals surface area contributed by atoms with Crippen LogP contribution in [0.5, 0.6) is 11.5 Å². The van der Waals surface area contributed by atoms with Crippen LogP contribution in [0.2, 0.25) is 0 Å². The van der Waals surface area contributed by atoms with Gasteiger partial charge in [0.1, 0.15) is 11.5 Å². The van der Waals surface area contributed by atoms with Crippen LogP contribution in [0.15, 0.2) is 72.8 Å². The Bertz CT molecular complexity index is 1100. The van der Waals surface area contributed by atoms with Crippen LogP contribution in [-0.2, 0) is 9.47 Å². The summed E-state index contributed by atoms with van der Waals surface area (Å²) in [6, 6.07) is 25.5. The van der Waals surface area contributed by atoms with Gasteiger partial charge in [0.2, 0.25) is 0 Å². The van der Waals surface area contributed by atoms with Crippen LogP contribution < -0.4 is 20.1 Å². The van der Waals surface area contributed by atoms with Crippen molar-refractivity contribution in [2.75, 3.05) is 34.0 Å². The van der Waals surface area contributed by atoms with Gasteiger partial charge < -0.3 is 18.9 Å². The van der Waals surface area contributed by atoms with E-state index in [9.17, 15) is 0 Å². The number of hydrogen-bond donors (Lipinski definition) is 0. The molecule has 5 heteroatoms. The van der Waals surface area contributed by atoms with E-state index in [0.717, 1.165) is 45.6 Å². The van der Waals surface area contributed by atoms with Crippen molar-refractivity contribution in [3.05, 3.63) is 72.8 Å². The normalized spacial score (nSPS) is 11.4. The molecule has 0 aliphatic heterocycles. The highest BCUT2D eigenvalue weighted by Crippen LogP contribution is 2.44. The first-order chi connectivity index (χ1) is 15.8. The third-order valence-electron chi connectivity index (χ3n) is 5.39. The second-order valence-corrected chi connectivity index (χ2v) is 9.79. The minimum atomic E-state index is -0.733. The molecular weight excluding hydrogens is 419 g/mol. The minimum Gasteiger partial charge on any atom is -0.466 e. The van der Waals surface area contributed by atoms with Gasteiger partial charge >= 0.3 is 0 Å². The van der Waals surface area contributed by atoms with Gasteiger partial charge in [-0.3, -0.25) is 0 Å². The first-order valence-electron chi connectivity index (χ1n) is 10.8. The van der Waals surface area contributed by atoms with E-state index < -0.39 is 7.92 Å². The van der Waals surface area contributed by atoms with Gasteiger partial charge in [-0.1, -0.05) is 74.0 Å². The highest BCUT2D eigenvalue weighted by atomic mass is 31.1. The quantitative estimate of drug-likeness (QED) is 0.227. The zero-order chi connectivity index (χ0) is 22.3. The molecule has 0 saturated heterocycles. The molecule has 0 saturated carbocycles. The average Bonchev–Trinajstić information content (AvgIpc) is 2.84. The van der Waals surface area contributed by atoms with E-state index in [4.69, 9.17) is 18.9 Å². The fourth-order valence-electron chi connectivity index (χ4n) is 4.02. The molecule has 4 aromatic carbocycles. The fraction of sp³-hybridized carbons (Fsp3) is 0.259. The fourth-order valence-corrected chi connectivity index (χ4v) is 6.58. The maximum absolute atomic E-state index is 6.19. The maximum atomic E-state index is 6.19. The third kappa shape index (κ3) is 4.59. The van der Waals surface area contributed by atoms with E-state index >= 15 is 0 Å². The molecule has 0 unspecified atom stereocenters. The Hall–Kier alpha value is -2.65. The molecule has 4 aromatic rings. The number of ether oxygens (including phenoxy) is 4. The monoisotopic (exact) mass is 448 g/mol. The van der Waals surface area contributed by atoms with Gasteiger partial charge in [0.25, 0.3) is 0 Å². The smallest absolute Gasteiger partial charge is 0.188 e. The van der Waals surface area contributed by atoms with Gasteiger partial charge in [-0.2, -0.15) is 0 Å². The molecule has 0 amide bonds. The maximum Gasteiger partial charge on any atom is 0.188 e. The predicted molar refractivity (Wildman–Crippen MR) is 134 cm³/mol. The average molecular weight is 448 g/mol. The standard InChI is InChI=1S/C27H29O4P/c1-4-17-32(24-15-13-20-9-5-7-11-22(20)26(24)30-18-28-2)25-16-14-21-10-6-8-12-23(21)27(25)31-19-29-3/h5-16H,4,17-19H2,1-3H3. The molecule has 0 aliphatic rings. The number of fused-ring (bicyclic) bond motifs is 2. The van der Waals surface area contributed by atoms with Crippen molar-refractivity contribution in [1.82, 2.24) is 0 Å². The summed E-state index contributed by atoms with van der Waals surface area (Å²) >= 11 is 0. The topological polar surface area (TPSA) is 36.9 Å². The second kappa shape index (κ2) is 10.8. The second-order valence-electron chi connectivity index (χ2n) is 7.52. The minimum absolute atomic E-state index is 0.209. The molecule has 0 bridgehead atoms. The van der Waals surface area contributed by atoms with Gasteiger partial charge in [-0.15, -0.1) is 0 Å². The van der Waals surface area contributed by atoms with Gasteiger partial charge in [0, 0.05) is 35.6 Å². The van der Waals surface area contributed by atoms with Crippen LogP contribution in [0, 0.1) is 0 Å². The lowest BCUT2D eigenvalue weighted by atomic mass is 10.1. The van der Waals surface area contributed by atoms with Gasteiger partial charge in [-0.05, 0) is 37.0 Å². The summed E-state index contributed by atoms with van der Waals surface area (Å²) < 4.78 is 22.9. The van der Waals surface area contributed by atoms with Crippen LogP contribution >= 0.6 is 7.92 Å². The van der Waals surface area contributed by atoms with Crippen molar-refractivity contribution in [1.29, 1.82) is 0 Å². The Morgan fingerprint density at radius 3 is 1.53 bits per heavy atom. The van der Waals surface area contributed by atoms with E-state index in [1.54, 1.807) is 14.2 Å². The molecule has 4 rings (SSSR count). The van der Waals surface area contributed by atoms with E-state index in [1.165, 1.54) is 10.6 Å². The van der Waals surface area contributed by atoms with Crippen molar-refractivity contribution in [2.24, 2.45) is 0 Å². The van der Waals surface area contributed by atoms with Crippen molar-refractivity contribution >= 4 is 40.1 Å². The zero-order valence-corrected chi connectivity index (χ0v) is 19.7. The Morgan fingerprint density at radius 2 is 1.09 bits per heavy atom. The van der Waals surface area contributed by atoms with Crippen LogP contribution in [0.3, 0.4) is 0 Å². The summed E-state index contributed by atoms with van der Waals surface area (Å²) in [4.78, 5) is 0. The SMILES string of the molecule is CCCP(c1ccc2ccccc2c1OCOC)c1ccc2ccccc2c1OCOC. The van der Waals surface area contributed by atoms with Crippen LogP contribution in [-0.4, -0.2) is 34.0 Å². The van der Waals surface area contributed by atoms with Gasteiger partial charge in [0.05, 0.1) is 0 Å². The first-order valence-corrected chi connectivity index (χ1v) is 12.4. The summed E-state index contributed by atoms with van der Waals surface area (Å²) in [5.74, 6) is 1.80. The molecule has 0 aromatic heterocycles. The predicted octanol–water partition coefficient (Wildman–Crippen LogP) is 5.80. The molecule has 166 valence electrons. The number of hydrogen-bond acceptors (Lipinski definition) is 4. The van der Waals surface area contributed by atoms with Crippen LogP contribution in [0.1, 0.15) is 13.3 Å². The summed E-state index contributed by atoms with van der Waals surface area (Å²) in [5, 5.41) is 6.92. The summed E-state index contributed by atoms with van der Waals surface area (Å²) in [6.07, 6.45) is 2.08. The van der Waals surface area contributed by atoms with Gasteiger partial charge in [-0.25, -0.2) is 0 Å². The molecule has 0 atom stereocenters. The van der Waals surface area contributed by atoms with E-state index in [2.05, 4.69) is 79.7 Å². The molecule has 4 nitrogen and oxygen atoms in total. The Balaban J connectivity index is 1.93. The number of benzene rings is 4. The Morgan fingerprint density at radius 1 is 0.625 bits per heavy atom. The molecule has 0 N–H and O–H groups in total. The van der Waals surface area contributed by atoms with Crippen LogP contribution in [0.25, 0.3) is 21.5 Å². The van der Waals surface area contributed by atoms with Crippen molar-refractivity contribution in [3.8, 4) is 11.5 Å². The molecule has 0 radical (unpaired) electrons. The van der Waals surface area contributed by atoms with Gasteiger partial charge in [0.15, 0.2) is 13.6 Å². The summed E-state index contributed by atoms with van der Waals surface area (Å²) in [7, 11) is 2.57. The number of rotatable bonds is 10. The zero-order valence-electron chi connectivity index (χ0n) is 18.8. The lowest BCUT2D eigenvalue weighted by Crippen LogP contribution is -2.20. The summed E-state index contributed by atoms with van der Waals surface area (Å²) in [5.41, 5.74) is 0. The highest BCUT2D eigenvalue weighted by molar-refractivity contribution is 7.73. The van der Waals surface area contributed by atoms with Crippen molar-refractivity contribution in [3.63, 3.8) is 0 Å². The summed E-state index contributed by atoms with van der Waals surface area (Å²) in [6.45, 7) is 2.64.